The van der Waals surface area contributed by atoms with Crippen molar-refractivity contribution in [1.82, 2.24) is 10.6 Å². The SMILES string of the molecule is CS(=O)(=O)Nc1cc([C@@H](O)CNC2CCN(c3ccc(/C=C4/S/C(=N\O)NC4=O)cc3)CC2)ccc1O. The Morgan fingerprint density at radius 1 is 1.22 bits per heavy atom. The van der Waals surface area contributed by atoms with E-state index >= 15 is 0 Å². The number of phenolic OH excluding ortho intramolecular Hbond substituents is 1. The number of nitrogens with zero attached hydrogens (tertiary/aromatic N) is 2. The molecule has 4 rings (SSSR count). The van der Waals surface area contributed by atoms with E-state index in [9.17, 15) is 23.4 Å². The van der Waals surface area contributed by atoms with Crippen LogP contribution in [0.25, 0.3) is 6.08 Å². The smallest absolute Gasteiger partial charge is 0.264 e. The van der Waals surface area contributed by atoms with E-state index in [0.29, 0.717) is 17.0 Å². The second kappa shape index (κ2) is 11.4. The Kier molecular flexibility index (Phi) is 8.27. The lowest BCUT2D eigenvalue weighted by atomic mass is 10.0. The van der Waals surface area contributed by atoms with Crippen molar-refractivity contribution >= 4 is 50.3 Å². The number of aliphatic hydroxyl groups excluding tert-OH is 1. The molecule has 198 valence electrons. The van der Waals surface area contributed by atoms with Crippen LogP contribution in [0, 0.1) is 0 Å². The zero-order chi connectivity index (χ0) is 26.6. The molecule has 2 fully saturated rings. The third-order valence-electron chi connectivity index (χ3n) is 6.09. The summed E-state index contributed by atoms with van der Waals surface area (Å²) in [5.74, 6) is -0.502. The largest absolute Gasteiger partial charge is 0.506 e. The molecule has 0 bridgehead atoms. The molecular formula is C24H29N5O6S2. The average Bonchev–Trinajstić information content (AvgIpc) is 3.23. The van der Waals surface area contributed by atoms with Crippen LogP contribution in [-0.4, -0.2) is 66.8 Å². The summed E-state index contributed by atoms with van der Waals surface area (Å²) in [6.45, 7) is 1.97. The fourth-order valence-corrected chi connectivity index (χ4v) is 5.48. The number of sulfonamides is 1. The Morgan fingerprint density at radius 2 is 1.92 bits per heavy atom. The monoisotopic (exact) mass is 547 g/mol. The van der Waals surface area contributed by atoms with Gasteiger partial charge in [-0.2, -0.15) is 0 Å². The van der Waals surface area contributed by atoms with E-state index in [2.05, 4.69) is 25.4 Å². The Labute approximate surface area is 219 Å². The molecule has 2 heterocycles. The molecule has 0 aliphatic carbocycles. The van der Waals surface area contributed by atoms with E-state index < -0.39 is 16.1 Å². The van der Waals surface area contributed by atoms with Gasteiger partial charge in [-0.25, -0.2) is 8.42 Å². The average molecular weight is 548 g/mol. The first-order chi connectivity index (χ1) is 17.6. The second-order valence-corrected chi connectivity index (χ2v) is 11.7. The zero-order valence-electron chi connectivity index (χ0n) is 20.1. The van der Waals surface area contributed by atoms with Gasteiger partial charge in [0, 0.05) is 31.4 Å². The normalized spacial score (nSPS) is 19.8. The predicted octanol–water partition coefficient (Wildman–Crippen LogP) is 2.00. The van der Waals surface area contributed by atoms with Gasteiger partial charge in [-0.15, -0.1) is 0 Å². The van der Waals surface area contributed by atoms with Crippen LogP contribution < -0.4 is 20.3 Å². The van der Waals surface area contributed by atoms with Gasteiger partial charge in [-0.1, -0.05) is 23.4 Å². The van der Waals surface area contributed by atoms with Gasteiger partial charge in [0.15, 0.2) is 0 Å². The number of rotatable bonds is 8. The van der Waals surface area contributed by atoms with Gasteiger partial charge >= 0.3 is 0 Å². The van der Waals surface area contributed by atoms with Crippen molar-refractivity contribution in [2.24, 2.45) is 5.16 Å². The molecule has 13 heteroatoms. The number of piperidine rings is 1. The molecule has 37 heavy (non-hydrogen) atoms. The van der Waals surface area contributed by atoms with Crippen molar-refractivity contribution < 1.29 is 28.6 Å². The lowest BCUT2D eigenvalue weighted by molar-refractivity contribution is -0.115. The van der Waals surface area contributed by atoms with Gasteiger partial charge in [-0.3, -0.25) is 14.8 Å². The number of thioether (sulfide) groups is 1. The van der Waals surface area contributed by atoms with E-state index in [-0.39, 0.29) is 28.6 Å². The first kappa shape index (κ1) is 26.8. The van der Waals surface area contributed by atoms with Crippen LogP contribution in [0.3, 0.4) is 0 Å². The van der Waals surface area contributed by atoms with Crippen molar-refractivity contribution in [1.29, 1.82) is 0 Å². The molecule has 0 unspecified atom stereocenters. The van der Waals surface area contributed by atoms with Crippen molar-refractivity contribution in [3.8, 4) is 5.75 Å². The lowest BCUT2D eigenvalue weighted by Gasteiger charge is -2.34. The highest BCUT2D eigenvalue weighted by atomic mass is 32.2. The number of aliphatic hydroxyl groups is 1. The van der Waals surface area contributed by atoms with Gasteiger partial charge in [0.05, 0.1) is 23.0 Å². The molecule has 2 aliphatic rings. The summed E-state index contributed by atoms with van der Waals surface area (Å²) in [6.07, 6.45) is 3.65. The van der Waals surface area contributed by atoms with E-state index in [1.165, 1.54) is 12.1 Å². The number of anilines is 2. The summed E-state index contributed by atoms with van der Waals surface area (Å²) < 4.78 is 25.2. The van der Waals surface area contributed by atoms with E-state index in [1.54, 1.807) is 12.1 Å². The Hall–Kier alpha value is -3.26. The molecule has 11 nitrogen and oxygen atoms in total. The lowest BCUT2D eigenvalue weighted by Crippen LogP contribution is -2.43. The molecule has 1 atom stereocenters. The zero-order valence-corrected chi connectivity index (χ0v) is 21.7. The molecule has 1 amide bonds. The van der Waals surface area contributed by atoms with Gasteiger partial charge in [0.25, 0.3) is 5.91 Å². The number of hydrogen-bond donors (Lipinski definition) is 6. The van der Waals surface area contributed by atoms with E-state index in [0.717, 1.165) is 55.2 Å². The molecule has 0 aromatic heterocycles. The highest BCUT2D eigenvalue weighted by Gasteiger charge is 2.24. The minimum atomic E-state index is -3.56. The molecule has 2 saturated heterocycles. The fraction of sp³-hybridized carbons (Fsp3) is 0.333. The number of carbonyl (C=O) groups excluding carboxylic acids is 1. The second-order valence-electron chi connectivity index (χ2n) is 8.90. The number of amidine groups is 1. The summed E-state index contributed by atoms with van der Waals surface area (Å²) in [5.41, 5.74) is 2.48. The van der Waals surface area contributed by atoms with Crippen LogP contribution in [-0.2, 0) is 14.8 Å². The van der Waals surface area contributed by atoms with Crippen molar-refractivity contribution in [2.75, 3.05) is 35.5 Å². The van der Waals surface area contributed by atoms with Crippen LogP contribution in [0.15, 0.2) is 52.5 Å². The summed E-state index contributed by atoms with van der Waals surface area (Å²) in [5, 5.41) is 38.3. The van der Waals surface area contributed by atoms with Crippen LogP contribution in [0.5, 0.6) is 5.75 Å². The first-order valence-electron chi connectivity index (χ1n) is 11.6. The first-order valence-corrected chi connectivity index (χ1v) is 14.3. The number of oxime groups is 1. The van der Waals surface area contributed by atoms with Crippen LogP contribution in [0.1, 0.15) is 30.1 Å². The summed E-state index contributed by atoms with van der Waals surface area (Å²) in [6, 6.07) is 12.5. The number of phenols is 1. The maximum atomic E-state index is 11.9. The standard InChI is InChI=1S/C24H29N5O6S2/c1-37(34,35)28-19-13-16(4-7-20(19)30)21(31)14-25-17-8-10-29(11-9-17)18-5-2-15(3-6-18)12-22-23(32)26-24(27-33)36-22/h2-7,12-13,17,21,25,28,30-31,33H,8-11,14H2,1H3,(H,26,27,32)/b22-12+/t21-/m0/s1. The number of carbonyl (C=O) groups is 1. The van der Waals surface area contributed by atoms with Crippen LogP contribution >= 0.6 is 11.8 Å². The fourth-order valence-electron chi connectivity index (χ4n) is 4.19. The van der Waals surface area contributed by atoms with Crippen molar-refractivity contribution in [3.63, 3.8) is 0 Å². The maximum absolute atomic E-state index is 11.9. The summed E-state index contributed by atoms with van der Waals surface area (Å²) in [7, 11) is -3.56. The van der Waals surface area contributed by atoms with Crippen LogP contribution in [0.2, 0.25) is 0 Å². The number of hydrogen-bond acceptors (Lipinski definition) is 10. The van der Waals surface area contributed by atoms with Crippen LogP contribution in [0.4, 0.5) is 11.4 Å². The minimum Gasteiger partial charge on any atom is -0.506 e. The topological polar surface area (TPSA) is 164 Å². The van der Waals surface area contributed by atoms with Gasteiger partial charge in [0.2, 0.25) is 15.2 Å². The minimum absolute atomic E-state index is 0.0311. The Balaban J connectivity index is 1.27. The molecule has 0 saturated carbocycles. The molecule has 6 N–H and O–H groups in total. The van der Waals surface area contributed by atoms with E-state index in [4.69, 9.17) is 5.21 Å². The number of benzene rings is 2. The van der Waals surface area contributed by atoms with E-state index in [1.807, 2.05) is 24.3 Å². The Bertz CT molecular complexity index is 1310. The van der Waals surface area contributed by atoms with Gasteiger partial charge in [-0.05, 0) is 66.1 Å². The molecule has 2 aromatic carbocycles. The highest BCUT2D eigenvalue weighted by Crippen LogP contribution is 2.29. The molecule has 0 spiro atoms. The molecule has 2 aliphatic heterocycles. The summed E-state index contributed by atoms with van der Waals surface area (Å²) in [4.78, 5) is 14.6. The number of nitrogens with one attached hydrogen (secondary N) is 3. The third kappa shape index (κ3) is 7.16. The van der Waals surface area contributed by atoms with Gasteiger partial charge in [0.1, 0.15) is 5.75 Å². The molecule has 0 radical (unpaired) electrons. The maximum Gasteiger partial charge on any atom is 0.264 e. The highest BCUT2D eigenvalue weighted by molar-refractivity contribution is 8.18. The number of amides is 1. The summed E-state index contributed by atoms with van der Waals surface area (Å²) >= 11 is 1.08. The molecule has 2 aromatic rings. The Morgan fingerprint density at radius 3 is 2.54 bits per heavy atom. The van der Waals surface area contributed by atoms with Gasteiger partial charge < -0.3 is 25.6 Å². The molecular weight excluding hydrogens is 518 g/mol. The van der Waals surface area contributed by atoms with Crippen molar-refractivity contribution in [3.05, 3.63) is 58.5 Å². The van der Waals surface area contributed by atoms with Crippen molar-refractivity contribution in [2.45, 2.75) is 25.0 Å². The predicted molar refractivity (Wildman–Crippen MR) is 144 cm³/mol. The quantitative estimate of drug-likeness (QED) is 0.126. The number of aromatic hydroxyl groups is 1. The third-order valence-corrected chi connectivity index (χ3v) is 7.58.